The fourth-order valence-electron chi connectivity index (χ4n) is 2.47. The van der Waals surface area contributed by atoms with Crippen molar-refractivity contribution < 1.29 is 4.79 Å². The van der Waals surface area contributed by atoms with Crippen molar-refractivity contribution in [2.45, 2.75) is 12.8 Å². The number of hydrogen-bond donors (Lipinski definition) is 0. The molecule has 0 spiro atoms. The van der Waals surface area contributed by atoms with Gasteiger partial charge in [-0.3, -0.25) is 9.78 Å². The van der Waals surface area contributed by atoms with Crippen molar-refractivity contribution in [3.05, 3.63) is 29.0 Å². The Morgan fingerprint density at radius 1 is 1.53 bits per heavy atom. The zero-order valence-electron chi connectivity index (χ0n) is 11.5. The van der Waals surface area contributed by atoms with Crippen LogP contribution in [0.5, 0.6) is 0 Å². The molecule has 19 heavy (non-hydrogen) atoms. The van der Waals surface area contributed by atoms with Gasteiger partial charge < -0.3 is 9.80 Å². The second-order valence-electron chi connectivity index (χ2n) is 5.29. The van der Waals surface area contributed by atoms with E-state index in [1.165, 1.54) is 6.20 Å². The molecule has 1 saturated heterocycles. The lowest BCUT2D eigenvalue weighted by Gasteiger charge is -2.31. The largest absolute Gasteiger partial charge is 0.341 e. The molecule has 0 aliphatic carbocycles. The molecule has 1 fully saturated rings. The van der Waals surface area contributed by atoms with E-state index >= 15 is 0 Å². The number of rotatable bonds is 3. The Morgan fingerprint density at radius 3 is 2.84 bits per heavy atom. The predicted octanol–water partition coefficient (Wildman–Crippen LogP) is 2.15. The Bertz CT molecular complexity index is 444. The summed E-state index contributed by atoms with van der Waals surface area (Å²) in [5.41, 5.74) is 0.534. The van der Waals surface area contributed by atoms with Crippen LogP contribution in [0, 0.1) is 5.92 Å². The molecular formula is C14H20ClN3O. The molecule has 1 aliphatic heterocycles. The van der Waals surface area contributed by atoms with Crippen molar-refractivity contribution in [3.8, 4) is 0 Å². The molecule has 2 rings (SSSR count). The van der Waals surface area contributed by atoms with E-state index in [0.717, 1.165) is 32.5 Å². The molecule has 1 aromatic heterocycles. The summed E-state index contributed by atoms with van der Waals surface area (Å²) in [6, 6.07) is 1.68. The molecule has 1 aliphatic rings. The number of nitrogens with zero attached hydrogens (tertiary/aromatic N) is 3. The minimum absolute atomic E-state index is 0.0219. The number of amides is 1. The van der Waals surface area contributed by atoms with Crippen LogP contribution >= 0.6 is 11.6 Å². The quantitative estimate of drug-likeness (QED) is 0.852. The van der Waals surface area contributed by atoms with E-state index in [4.69, 9.17) is 11.6 Å². The van der Waals surface area contributed by atoms with Gasteiger partial charge in [-0.15, -0.1) is 0 Å². The fraction of sp³-hybridized carbons (Fsp3) is 0.571. The van der Waals surface area contributed by atoms with Crippen molar-refractivity contribution in [2.24, 2.45) is 5.92 Å². The second-order valence-corrected chi connectivity index (χ2v) is 5.70. The van der Waals surface area contributed by atoms with Crippen molar-refractivity contribution in [2.75, 3.05) is 33.7 Å². The summed E-state index contributed by atoms with van der Waals surface area (Å²) in [5.74, 6) is 0.567. The molecule has 104 valence electrons. The van der Waals surface area contributed by atoms with Gasteiger partial charge in [0.05, 0.1) is 10.6 Å². The molecule has 0 N–H and O–H groups in total. The zero-order valence-corrected chi connectivity index (χ0v) is 12.2. The van der Waals surface area contributed by atoms with Gasteiger partial charge in [0.25, 0.3) is 5.91 Å². The highest BCUT2D eigenvalue weighted by Crippen LogP contribution is 2.19. The highest BCUT2D eigenvalue weighted by molar-refractivity contribution is 6.33. The van der Waals surface area contributed by atoms with Crippen LogP contribution in [0.1, 0.15) is 23.2 Å². The molecule has 2 heterocycles. The van der Waals surface area contributed by atoms with E-state index in [0.29, 0.717) is 16.5 Å². The Kier molecular flexibility index (Phi) is 4.77. The first-order valence-corrected chi connectivity index (χ1v) is 6.99. The minimum Gasteiger partial charge on any atom is -0.341 e. The fourth-order valence-corrected chi connectivity index (χ4v) is 2.67. The molecular weight excluding hydrogens is 262 g/mol. The smallest absolute Gasteiger partial charge is 0.255 e. The number of piperidine rings is 1. The molecule has 5 heteroatoms. The first-order valence-electron chi connectivity index (χ1n) is 6.61. The molecule has 1 aromatic rings. The highest BCUT2D eigenvalue weighted by Gasteiger charge is 2.21. The summed E-state index contributed by atoms with van der Waals surface area (Å²) in [6.45, 7) is 3.02. The van der Waals surface area contributed by atoms with Gasteiger partial charge in [-0.25, -0.2) is 0 Å². The summed E-state index contributed by atoms with van der Waals surface area (Å²) >= 11 is 6.01. The van der Waals surface area contributed by atoms with Crippen LogP contribution in [-0.2, 0) is 0 Å². The molecule has 0 saturated carbocycles. The van der Waals surface area contributed by atoms with Gasteiger partial charge >= 0.3 is 0 Å². The van der Waals surface area contributed by atoms with E-state index < -0.39 is 0 Å². The Hall–Kier alpha value is -1.13. The topological polar surface area (TPSA) is 36.4 Å². The maximum Gasteiger partial charge on any atom is 0.255 e. The maximum atomic E-state index is 12.3. The van der Waals surface area contributed by atoms with Crippen LogP contribution in [0.25, 0.3) is 0 Å². The van der Waals surface area contributed by atoms with Gasteiger partial charge in [0.2, 0.25) is 0 Å². The van der Waals surface area contributed by atoms with Crippen LogP contribution in [-0.4, -0.2) is 54.4 Å². The third-order valence-electron chi connectivity index (χ3n) is 3.72. The number of carbonyl (C=O) groups excluding carboxylic acids is 1. The summed E-state index contributed by atoms with van der Waals surface area (Å²) in [4.78, 5) is 20.3. The average Bonchev–Trinajstić information content (AvgIpc) is 2.41. The molecule has 1 amide bonds. The minimum atomic E-state index is -0.0219. The lowest BCUT2D eigenvalue weighted by atomic mass is 9.96. The van der Waals surface area contributed by atoms with Crippen molar-refractivity contribution in [1.82, 2.24) is 14.8 Å². The molecule has 0 atom stereocenters. The van der Waals surface area contributed by atoms with E-state index in [1.54, 1.807) is 17.2 Å². The SMILES string of the molecule is CN1CCC(CN(C)C(=O)c2ccncc2Cl)CC1. The van der Waals surface area contributed by atoms with Crippen molar-refractivity contribution >= 4 is 17.5 Å². The Morgan fingerprint density at radius 2 is 2.21 bits per heavy atom. The third kappa shape index (κ3) is 3.67. The summed E-state index contributed by atoms with van der Waals surface area (Å²) < 4.78 is 0. The second kappa shape index (κ2) is 6.35. The summed E-state index contributed by atoms with van der Waals surface area (Å²) in [7, 11) is 3.99. The molecule has 0 radical (unpaired) electrons. The predicted molar refractivity (Wildman–Crippen MR) is 76.4 cm³/mol. The van der Waals surface area contributed by atoms with E-state index in [9.17, 15) is 4.79 Å². The number of halogens is 1. The standard InChI is InChI=1S/C14H20ClN3O/c1-17-7-4-11(5-8-17)10-18(2)14(19)12-3-6-16-9-13(12)15/h3,6,9,11H,4-5,7-8,10H2,1-2H3. The number of likely N-dealkylation sites (tertiary alicyclic amines) is 1. The van der Waals surface area contributed by atoms with Gasteiger partial charge in [0.15, 0.2) is 0 Å². The normalized spacial score (nSPS) is 17.4. The number of aromatic nitrogens is 1. The molecule has 0 bridgehead atoms. The summed E-state index contributed by atoms with van der Waals surface area (Å²) in [6.07, 6.45) is 5.41. The van der Waals surface area contributed by atoms with Gasteiger partial charge in [-0.1, -0.05) is 11.6 Å². The monoisotopic (exact) mass is 281 g/mol. The van der Waals surface area contributed by atoms with Crippen LogP contribution < -0.4 is 0 Å². The zero-order chi connectivity index (χ0) is 13.8. The Balaban J connectivity index is 1.94. The van der Waals surface area contributed by atoms with Crippen LogP contribution in [0.2, 0.25) is 5.02 Å². The van der Waals surface area contributed by atoms with Gasteiger partial charge in [0, 0.05) is 26.0 Å². The molecule has 0 unspecified atom stereocenters. The number of hydrogen-bond acceptors (Lipinski definition) is 3. The number of carbonyl (C=O) groups is 1. The average molecular weight is 282 g/mol. The van der Waals surface area contributed by atoms with Crippen LogP contribution in [0.3, 0.4) is 0 Å². The van der Waals surface area contributed by atoms with Crippen molar-refractivity contribution in [3.63, 3.8) is 0 Å². The van der Waals surface area contributed by atoms with Crippen molar-refractivity contribution in [1.29, 1.82) is 0 Å². The lowest BCUT2D eigenvalue weighted by Crippen LogP contribution is -2.38. The third-order valence-corrected chi connectivity index (χ3v) is 4.02. The first kappa shape index (κ1) is 14.3. The van der Waals surface area contributed by atoms with E-state index in [1.807, 2.05) is 7.05 Å². The molecule has 4 nitrogen and oxygen atoms in total. The van der Waals surface area contributed by atoms with Gasteiger partial charge in [-0.05, 0) is 45.0 Å². The first-order chi connectivity index (χ1) is 9.08. The maximum absolute atomic E-state index is 12.3. The highest BCUT2D eigenvalue weighted by atomic mass is 35.5. The van der Waals surface area contributed by atoms with Crippen LogP contribution in [0.4, 0.5) is 0 Å². The van der Waals surface area contributed by atoms with Crippen LogP contribution in [0.15, 0.2) is 18.5 Å². The number of pyridine rings is 1. The van der Waals surface area contributed by atoms with E-state index in [-0.39, 0.29) is 5.91 Å². The van der Waals surface area contributed by atoms with Gasteiger partial charge in [-0.2, -0.15) is 0 Å². The van der Waals surface area contributed by atoms with E-state index in [2.05, 4.69) is 16.9 Å². The summed E-state index contributed by atoms with van der Waals surface area (Å²) in [5, 5.41) is 0.419. The Labute approximate surface area is 119 Å². The van der Waals surface area contributed by atoms with Gasteiger partial charge in [0.1, 0.15) is 0 Å². The lowest BCUT2D eigenvalue weighted by molar-refractivity contribution is 0.0747. The molecule has 0 aromatic carbocycles.